The van der Waals surface area contributed by atoms with Crippen molar-refractivity contribution in [1.82, 2.24) is 0 Å². The zero-order valence-electron chi connectivity index (χ0n) is 12.8. The number of aryl methyl sites for hydroxylation is 3. The number of unbranched alkanes of at least 4 members (excludes halogenated alkanes) is 2. The summed E-state index contributed by atoms with van der Waals surface area (Å²) in [6.07, 6.45) is 5.12. The molecule has 1 aromatic carbocycles. The molecule has 1 heteroatoms. The molecule has 0 N–H and O–H groups in total. The molecule has 102 valence electrons. The van der Waals surface area contributed by atoms with Gasteiger partial charge in [-0.1, -0.05) is 32.8 Å². The Kier molecular flexibility index (Phi) is 6.24. The third-order valence-electron chi connectivity index (χ3n) is 3.72. The molecule has 0 spiro atoms. The van der Waals surface area contributed by atoms with Crippen LogP contribution < -0.4 is 4.90 Å². The molecule has 1 nitrogen and oxygen atoms in total. The highest BCUT2D eigenvalue weighted by molar-refractivity contribution is 5.56. The summed E-state index contributed by atoms with van der Waals surface area (Å²) in [7, 11) is 0. The minimum atomic E-state index is 1.19. The first-order chi connectivity index (χ1) is 8.60. The average Bonchev–Trinajstić information content (AvgIpc) is 2.35. The van der Waals surface area contributed by atoms with Gasteiger partial charge in [0.05, 0.1) is 0 Å². The Morgan fingerprint density at radius 1 is 0.778 bits per heavy atom. The summed E-state index contributed by atoms with van der Waals surface area (Å²) in [6, 6.07) is 4.70. The van der Waals surface area contributed by atoms with E-state index >= 15 is 0 Å². The first-order valence-electron chi connectivity index (χ1n) is 7.42. The van der Waals surface area contributed by atoms with Gasteiger partial charge >= 0.3 is 0 Å². The van der Waals surface area contributed by atoms with Gasteiger partial charge in [-0.25, -0.2) is 0 Å². The highest BCUT2D eigenvalue weighted by Gasteiger charge is 2.09. The minimum absolute atomic E-state index is 1.19. The van der Waals surface area contributed by atoms with E-state index in [2.05, 4.69) is 51.7 Å². The molecule has 0 aliphatic carbocycles. The molecule has 18 heavy (non-hydrogen) atoms. The van der Waals surface area contributed by atoms with E-state index in [0.29, 0.717) is 0 Å². The fraction of sp³-hybridized carbons (Fsp3) is 0.647. The van der Waals surface area contributed by atoms with E-state index in [9.17, 15) is 0 Å². The summed E-state index contributed by atoms with van der Waals surface area (Å²) >= 11 is 0. The number of anilines is 1. The number of benzene rings is 1. The molecule has 0 unspecified atom stereocenters. The third kappa shape index (κ3) is 4.04. The summed E-state index contributed by atoms with van der Waals surface area (Å²) in [6.45, 7) is 13.6. The fourth-order valence-electron chi connectivity index (χ4n) is 2.34. The van der Waals surface area contributed by atoms with Crippen LogP contribution in [-0.4, -0.2) is 13.1 Å². The Labute approximate surface area is 113 Å². The van der Waals surface area contributed by atoms with Gasteiger partial charge in [0.25, 0.3) is 0 Å². The molecule has 0 radical (unpaired) electrons. The second-order valence-corrected chi connectivity index (χ2v) is 5.42. The van der Waals surface area contributed by atoms with Gasteiger partial charge in [-0.3, -0.25) is 0 Å². The maximum absolute atomic E-state index is 2.58. The van der Waals surface area contributed by atoms with E-state index in [1.165, 1.54) is 61.2 Å². The van der Waals surface area contributed by atoms with Crippen LogP contribution in [0.4, 0.5) is 5.69 Å². The lowest BCUT2D eigenvalue weighted by molar-refractivity contribution is 0.676. The van der Waals surface area contributed by atoms with Crippen LogP contribution in [0.1, 0.15) is 56.2 Å². The summed E-state index contributed by atoms with van der Waals surface area (Å²) in [4.78, 5) is 2.58. The number of rotatable bonds is 7. The molecule has 0 fully saturated rings. The van der Waals surface area contributed by atoms with Crippen LogP contribution in [0.15, 0.2) is 12.1 Å². The quantitative estimate of drug-likeness (QED) is 0.654. The molecule has 0 saturated heterocycles. The van der Waals surface area contributed by atoms with E-state index in [-0.39, 0.29) is 0 Å². The lowest BCUT2D eigenvalue weighted by Crippen LogP contribution is -2.26. The van der Waals surface area contributed by atoms with Crippen LogP contribution in [0.2, 0.25) is 0 Å². The molecule has 0 atom stereocenters. The van der Waals surface area contributed by atoms with Crippen LogP contribution in [-0.2, 0) is 0 Å². The lowest BCUT2D eigenvalue weighted by atomic mass is 10.0. The Hall–Kier alpha value is -0.980. The summed E-state index contributed by atoms with van der Waals surface area (Å²) < 4.78 is 0. The van der Waals surface area contributed by atoms with Gasteiger partial charge in [0.15, 0.2) is 0 Å². The predicted molar refractivity (Wildman–Crippen MR) is 82.7 cm³/mol. The van der Waals surface area contributed by atoms with Gasteiger partial charge in [-0.2, -0.15) is 0 Å². The van der Waals surface area contributed by atoms with Crippen LogP contribution >= 0.6 is 0 Å². The van der Waals surface area contributed by atoms with Gasteiger partial charge in [-0.05, 0) is 56.4 Å². The monoisotopic (exact) mass is 247 g/mol. The van der Waals surface area contributed by atoms with Crippen molar-refractivity contribution >= 4 is 5.69 Å². The minimum Gasteiger partial charge on any atom is -0.371 e. The van der Waals surface area contributed by atoms with E-state index in [1.807, 2.05) is 0 Å². The van der Waals surface area contributed by atoms with Crippen molar-refractivity contribution in [1.29, 1.82) is 0 Å². The Morgan fingerprint density at radius 3 is 1.78 bits per heavy atom. The van der Waals surface area contributed by atoms with Gasteiger partial charge in [0, 0.05) is 18.8 Å². The Balaban J connectivity index is 2.92. The van der Waals surface area contributed by atoms with E-state index in [4.69, 9.17) is 0 Å². The molecule has 0 bridgehead atoms. The summed E-state index contributed by atoms with van der Waals surface area (Å²) in [5.74, 6) is 0. The molecule has 0 heterocycles. The maximum Gasteiger partial charge on any atom is 0.0398 e. The lowest BCUT2D eigenvalue weighted by Gasteiger charge is -2.27. The molecule has 1 aromatic rings. The third-order valence-corrected chi connectivity index (χ3v) is 3.72. The van der Waals surface area contributed by atoms with Crippen molar-refractivity contribution < 1.29 is 0 Å². The maximum atomic E-state index is 2.58. The fourth-order valence-corrected chi connectivity index (χ4v) is 2.34. The summed E-state index contributed by atoms with van der Waals surface area (Å²) in [5, 5.41) is 0. The standard InChI is InChI=1S/C17H29N/c1-6-8-10-18(11-9-7-2)17-13-15(4)14(3)12-16(17)5/h12-13H,6-11H2,1-5H3. The second kappa shape index (κ2) is 7.45. The largest absolute Gasteiger partial charge is 0.371 e. The van der Waals surface area contributed by atoms with Crippen molar-refractivity contribution in [2.24, 2.45) is 0 Å². The molecular formula is C17H29N. The molecule has 0 amide bonds. The van der Waals surface area contributed by atoms with Crippen molar-refractivity contribution in [3.8, 4) is 0 Å². The molecule has 1 rings (SSSR count). The van der Waals surface area contributed by atoms with Crippen LogP contribution in [0.5, 0.6) is 0 Å². The van der Waals surface area contributed by atoms with Crippen molar-refractivity contribution in [2.75, 3.05) is 18.0 Å². The van der Waals surface area contributed by atoms with Gasteiger partial charge in [0.1, 0.15) is 0 Å². The van der Waals surface area contributed by atoms with E-state index < -0.39 is 0 Å². The second-order valence-electron chi connectivity index (χ2n) is 5.42. The zero-order valence-corrected chi connectivity index (χ0v) is 12.8. The van der Waals surface area contributed by atoms with Crippen molar-refractivity contribution in [3.63, 3.8) is 0 Å². The molecular weight excluding hydrogens is 218 g/mol. The Morgan fingerprint density at radius 2 is 1.28 bits per heavy atom. The number of hydrogen-bond donors (Lipinski definition) is 0. The first kappa shape index (κ1) is 15.1. The zero-order chi connectivity index (χ0) is 13.5. The highest BCUT2D eigenvalue weighted by Crippen LogP contribution is 2.25. The summed E-state index contributed by atoms with van der Waals surface area (Å²) in [5.41, 5.74) is 5.68. The first-order valence-corrected chi connectivity index (χ1v) is 7.42. The van der Waals surface area contributed by atoms with Gasteiger partial charge in [-0.15, -0.1) is 0 Å². The van der Waals surface area contributed by atoms with E-state index in [0.717, 1.165) is 0 Å². The van der Waals surface area contributed by atoms with Crippen molar-refractivity contribution in [3.05, 3.63) is 28.8 Å². The topological polar surface area (TPSA) is 3.24 Å². The molecule has 0 aliphatic rings. The normalized spacial score (nSPS) is 10.7. The SMILES string of the molecule is CCCCN(CCCC)c1cc(C)c(C)cc1C. The average molecular weight is 247 g/mol. The number of nitrogens with zero attached hydrogens (tertiary/aromatic N) is 1. The van der Waals surface area contributed by atoms with E-state index in [1.54, 1.807) is 0 Å². The highest BCUT2D eigenvalue weighted by atomic mass is 15.1. The Bertz CT molecular complexity index is 360. The van der Waals surface area contributed by atoms with Gasteiger partial charge in [0.2, 0.25) is 0 Å². The van der Waals surface area contributed by atoms with Crippen LogP contribution in [0.3, 0.4) is 0 Å². The molecule has 0 aliphatic heterocycles. The van der Waals surface area contributed by atoms with Gasteiger partial charge < -0.3 is 4.90 Å². The van der Waals surface area contributed by atoms with Crippen LogP contribution in [0.25, 0.3) is 0 Å². The smallest absolute Gasteiger partial charge is 0.0398 e. The molecule has 0 aromatic heterocycles. The van der Waals surface area contributed by atoms with Crippen LogP contribution in [0, 0.1) is 20.8 Å². The predicted octanol–water partition coefficient (Wildman–Crippen LogP) is 5.02. The molecule has 0 saturated carbocycles. The van der Waals surface area contributed by atoms with Crippen molar-refractivity contribution in [2.45, 2.75) is 60.3 Å². The number of hydrogen-bond acceptors (Lipinski definition) is 1.